The van der Waals surface area contributed by atoms with Crippen molar-refractivity contribution in [3.63, 3.8) is 0 Å². The van der Waals surface area contributed by atoms with Crippen molar-refractivity contribution in [2.45, 2.75) is 6.54 Å². The zero-order chi connectivity index (χ0) is 21.6. The van der Waals surface area contributed by atoms with Crippen LogP contribution < -0.4 is 14.5 Å². The van der Waals surface area contributed by atoms with Gasteiger partial charge in [0.05, 0.1) is 18.9 Å². The van der Waals surface area contributed by atoms with Gasteiger partial charge >= 0.3 is 10.2 Å². The first-order valence-corrected chi connectivity index (χ1v) is 11.2. The molecule has 9 heteroatoms. The number of para-hydroxylation sites is 1. The molecule has 3 rings (SSSR count). The highest BCUT2D eigenvalue weighted by Gasteiger charge is 2.27. The number of amides is 1. The summed E-state index contributed by atoms with van der Waals surface area (Å²) in [7, 11) is -0.911. The molecule has 0 unspecified atom stereocenters. The van der Waals surface area contributed by atoms with E-state index in [1.54, 1.807) is 30.3 Å². The van der Waals surface area contributed by atoms with E-state index >= 15 is 0 Å². The first-order valence-electron chi connectivity index (χ1n) is 9.81. The summed E-state index contributed by atoms with van der Waals surface area (Å²) in [6.07, 6.45) is 0. The Morgan fingerprint density at radius 3 is 2.27 bits per heavy atom. The van der Waals surface area contributed by atoms with Gasteiger partial charge in [-0.05, 0) is 29.8 Å². The highest BCUT2D eigenvalue weighted by atomic mass is 32.2. The van der Waals surface area contributed by atoms with Crippen LogP contribution >= 0.6 is 0 Å². The summed E-state index contributed by atoms with van der Waals surface area (Å²) in [6.45, 7) is 3.22. The predicted molar refractivity (Wildman–Crippen MR) is 118 cm³/mol. The smallest absolute Gasteiger partial charge is 0.304 e. The molecule has 0 radical (unpaired) electrons. The molecule has 1 saturated heterocycles. The van der Waals surface area contributed by atoms with Crippen LogP contribution in [0.5, 0.6) is 0 Å². The summed E-state index contributed by atoms with van der Waals surface area (Å²) >= 11 is 0. The summed E-state index contributed by atoms with van der Waals surface area (Å²) in [5, 5.41) is 2.81. The van der Waals surface area contributed by atoms with Gasteiger partial charge in [0.25, 0.3) is 0 Å². The molecular weight excluding hydrogens is 404 g/mol. The fourth-order valence-corrected chi connectivity index (χ4v) is 4.19. The van der Waals surface area contributed by atoms with Crippen LogP contribution in [0.3, 0.4) is 0 Å². The molecule has 8 nitrogen and oxygen atoms in total. The van der Waals surface area contributed by atoms with E-state index in [9.17, 15) is 13.2 Å². The zero-order valence-electron chi connectivity index (χ0n) is 17.3. The number of nitrogens with one attached hydrogen (secondary N) is 1. The molecule has 162 valence electrons. The minimum absolute atomic E-state index is 0.295. The van der Waals surface area contributed by atoms with Crippen molar-refractivity contribution in [2.75, 3.05) is 56.1 Å². The van der Waals surface area contributed by atoms with Gasteiger partial charge in [0.1, 0.15) is 6.54 Å². The summed E-state index contributed by atoms with van der Waals surface area (Å²) in [6, 6.07) is 16.6. The lowest BCUT2D eigenvalue weighted by Crippen LogP contribution is -2.45. The molecule has 1 amide bonds. The molecular formula is C21H28N4O4S. The number of anilines is 2. The van der Waals surface area contributed by atoms with Gasteiger partial charge in [0.2, 0.25) is 5.91 Å². The Kier molecular flexibility index (Phi) is 7.30. The van der Waals surface area contributed by atoms with Crippen LogP contribution in [-0.4, -0.2) is 65.6 Å². The maximum absolute atomic E-state index is 12.7. The van der Waals surface area contributed by atoms with Gasteiger partial charge in [-0.2, -0.15) is 12.7 Å². The Bertz CT molecular complexity index is 927. The molecule has 0 spiro atoms. The van der Waals surface area contributed by atoms with Gasteiger partial charge in [0, 0.05) is 39.4 Å². The molecule has 1 heterocycles. The number of hydrogen-bond donors (Lipinski definition) is 1. The molecule has 2 aromatic rings. The van der Waals surface area contributed by atoms with Gasteiger partial charge in [-0.15, -0.1) is 0 Å². The van der Waals surface area contributed by atoms with Crippen molar-refractivity contribution in [2.24, 2.45) is 0 Å². The number of carbonyl (C=O) groups excluding carboxylic acids is 1. The van der Waals surface area contributed by atoms with Gasteiger partial charge in [-0.25, -0.2) is 4.31 Å². The van der Waals surface area contributed by atoms with Gasteiger partial charge < -0.3 is 15.0 Å². The van der Waals surface area contributed by atoms with Crippen LogP contribution in [0.15, 0.2) is 54.6 Å². The van der Waals surface area contributed by atoms with E-state index < -0.39 is 10.2 Å². The van der Waals surface area contributed by atoms with Crippen LogP contribution in [-0.2, 0) is 26.3 Å². The predicted octanol–water partition coefficient (Wildman–Crippen LogP) is 1.45. The largest absolute Gasteiger partial charge is 0.378 e. The Balaban J connectivity index is 1.61. The molecule has 0 bridgehead atoms. The number of benzene rings is 2. The second-order valence-corrected chi connectivity index (χ2v) is 9.24. The average Bonchev–Trinajstić information content (AvgIpc) is 2.77. The molecule has 0 saturated carbocycles. The van der Waals surface area contributed by atoms with E-state index in [-0.39, 0.29) is 12.5 Å². The van der Waals surface area contributed by atoms with E-state index in [1.165, 1.54) is 14.1 Å². The SMILES string of the molecule is CN(C)S(=O)(=O)N(CC(=O)NCc1ccc(N2CCOCC2)cc1)c1ccccc1. The summed E-state index contributed by atoms with van der Waals surface area (Å²) in [5.41, 5.74) is 2.51. The van der Waals surface area contributed by atoms with Crippen molar-refractivity contribution in [3.05, 3.63) is 60.2 Å². The van der Waals surface area contributed by atoms with Crippen molar-refractivity contribution < 1.29 is 17.9 Å². The first kappa shape index (κ1) is 22.1. The topological polar surface area (TPSA) is 82.2 Å². The maximum atomic E-state index is 12.7. The number of rotatable bonds is 8. The van der Waals surface area contributed by atoms with Gasteiger partial charge in [-0.1, -0.05) is 30.3 Å². The Morgan fingerprint density at radius 2 is 1.67 bits per heavy atom. The lowest BCUT2D eigenvalue weighted by atomic mass is 10.2. The average molecular weight is 433 g/mol. The van der Waals surface area contributed by atoms with Gasteiger partial charge in [-0.3, -0.25) is 4.79 Å². The second-order valence-electron chi connectivity index (χ2n) is 7.17. The quantitative estimate of drug-likeness (QED) is 0.683. The lowest BCUT2D eigenvalue weighted by Gasteiger charge is -2.29. The summed E-state index contributed by atoms with van der Waals surface area (Å²) in [5.74, 6) is -0.374. The van der Waals surface area contributed by atoms with Crippen LogP contribution in [0.4, 0.5) is 11.4 Å². The third-order valence-electron chi connectivity index (χ3n) is 4.87. The van der Waals surface area contributed by atoms with Crippen molar-refractivity contribution >= 4 is 27.5 Å². The van der Waals surface area contributed by atoms with Crippen molar-refractivity contribution in [1.82, 2.24) is 9.62 Å². The second kappa shape index (κ2) is 9.92. The number of nitrogens with zero attached hydrogens (tertiary/aromatic N) is 3. The monoisotopic (exact) mass is 432 g/mol. The molecule has 1 fully saturated rings. The van der Waals surface area contributed by atoms with Crippen LogP contribution in [0.25, 0.3) is 0 Å². The fourth-order valence-electron chi connectivity index (χ4n) is 3.13. The summed E-state index contributed by atoms with van der Waals surface area (Å²) in [4.78, 5) is 14.8. The highest BCUT2D eigenvalue weighted by Crippen LogP contribution is 2.19. The van der Waals surface area contributed by atoms with Crippen LogP contribution in [0.2, 0.25) is 0 Å². The molecule has 1 N–H and O–H groups in total. The Hall–Kier alpha value is -2.62. The van der Waals surface area contributed by atoms with Crippen LogP contribution in [0.1, 0.15) is 5.56 Å². The van der Waals surface area contributed by atoms with E-state index in [2.05, 4.69) is 10.2 Å². The van der Waals surface area contributed by atoms with Crippen molar-refractivity contribution in [3.8, 4) is 0 Å². The standard InChI is InChI=1S/C21H28N4O4S/c1-23(2)30(27,28)25(20-6-4-3-5-7-20)17-21(26)22-16-18-8-10-19(11-9-18)24-12-14-29-15-13-24/h3-11H,12-17H2,1-2H3,(H,22,26). The molecule has 0 aromatic heterocycles. The first-order chi connectivity index (χ1) is 14.4. The molecule has 1 aliphatic heterocycles. The number of ether oxygens (including phenoxy) is 1. The van der Waals surface area contributed by atoms with E-state index in [0.717, 1.165) is 46.2 Å². The maximum Gasteiger partial charge on any atom is 0.304 e. The van der Waals surface area contributed by atoms with E-state index in [0.29, 0.717) is 12.2 Å². The fraction of sp³-hybridized carbons (Fsp3) is 0.381. The van der Waals surface area contributed by atoms with E-state index in [4.69, 9.17) is 4.74 Å². The Labute approximate surface area is 178 Å². The zero-order valence-corrected chi connectivity index (χ0v) is 18.1. The van der Waals surface area contributed by atoms with Crippen molar-refractivity contribution in [1.29, 1.82) is 0 Å². The molecule has 0 atom stereocenters. The van der Waals surface area contributed by atoms with Crippen LogP contribution in [0, 0.1) is 0 Å². The number of carbonyl (C=O) groups is 1. The summed E-state index contributed by atoms with van der Waals surface area (Å²) < 4.78 is 32.9. The van der Waals surface area contributed by atoms with Gasteiger partial charge in [0.15, 0.2) is 0 Å². The number of morpholine rings is 1. The normalized spacial score (nSPS) is 14.6. The molecule has 2 aromatic carbocycles. The number of hydrogen-bond acceptors (Lipinski definition) is 5. The minimum Gasteiger partial charge on any atom is -0.378 e. The lowest BCUT2D eigenvalue weighted by molar-refractivity contribution is -0.119. The third kappa shape index (κ3) is 5.50. The molecule has 30 heavy (non-hydrogen) atoms. The molecule has 0 aliphatic carbocycles. The highest BCUT2D eigenvalue weighted by molar-refractivity contribution is 7.90. The third-order valence-corrected chi connectivity index (χ3v) is 6.69. The minimum atomic E-state index is -3.80. The van der Waals surface area contributed by atoms with E-state index in [1.807, 2.05) is 24.3 Å². The Morgan fingerprint density at radius 1 is 1.03 bits per heavy atom. The molecule has 1 aliphatic rings.